The van der Waals surface area contributed by atoms with E-state index in [1.54, 1.807) is 24.3 Å². The van der Waals surface area contributed by atoms with Crippen molar-refractivity contribution in [3.05, 3.63) is 65.2 Å². The Balaban J connectivity index is 1.92. The number of rotatable bonds is 6. The van der Waals surface area contributed by atoms with Crippen molar-refractivity contribution in [2.75, 3.05) is 13.7 Å². The molecule has 2 rings (SSSR count). The van der Waals surface area contributed by atoms with E-state index in [0.717, 1.165) is 18.2 Å². The van der Waals surface area contributed by atoms with Crippen LogP contribution < -0.4 is 10.1 Å². The molecule has 0 aromatic heterocycles. The molecule has 0 spiro atoms. The highest BCUT2D eigenvalue weighted by Crippen LogP contribution is 2.18. The summed E-state index contributed by atoms with van der Waals surface area (Å²) in [7, 11) is 1.51. The first kappa shape index (κ1) is 16.9. The molecule has 4 nitrogen and oxygen atoms in total. The van der Waals surface area contributed by atoms with Crippen molar-refractivity contribution in [3.63, 3.8) is 0 Å². The van der Waals surface area contributed by atoms with Gasteiger partial charge in [-0.25, -0.2) is 8.78 Å². The number of carbonyl (C=O) groups is 1. The van der Waals surface area contributed by atoms with Crippen LogP contribution in [0.3, 0.4) is 0 Å². The van der Waals surface area contributed by atoms with Crippen molar-refractivity contribution in [2.45, 2.75) is 12.5 Å². The number of aliphatic hydroxyl groups is 1. The number of nitrogens with one attached hydrogen (secondary N) is 1. The minimum atomic E-state index is -0.925. The maximum Gasteiger partial charge on any atom is 0.224 e. The molecule has 6 heteroatoms. The molecule has 0 bridgehead atoms. The van der Waals surface area contributed by atoms with Crippen LogP contribution in [0.15, 0.2) is 42.5 Å². The van der Waals surface area contributed by atoms with E-state index in [1.807, 2.05) is 0 Å². The molecular formula is C17H17F2NO3. The molecule has 0 aliphatic heterocycles. The van der Waals surface area contributed by atoms with E-state index in [9.17, 15) is 18.7 Å². The third kappa shape index (κ3) is 4.75. The standard InChI is InChI=1S/C17H17F2NO3/c1-23-14-4-2-3-11(8-14)16(21)10-20-17(22)9-12-7-13(18)5-6-15(12)19/h2-8,16,21H,9-10H2,1H3,(H,20,22). The Morgan fingerprint density at radius 1 is 1.26 bits per heavy atom. The van der Waals surface area contributed by atoms with E-state index in [2.05, 4.69) is 5.32 Å². The van der Waals surface area contributed by atoms with E-state index in [-0.39, 0.29) is 18.5 Å². The summed E-state index contributed by atoms with van der Waals surface area (Å²) in [4.78, 5) is 11.8. The average Bonchev–Trinajstić information content (AvgIpc) is 2.56. The summed E-state index contributed by atoms with van der Waals surface area (Å²) >= 11 is 0. The number of halogens is 2. The van der Waals surface area contributed by atoms with Crippen LogP contribution >= 0.6 is 0 Å². The van der Waals surface area contributed by atoms with Crippen LogP contribution in [-0.4, -0.2) is 24.7 Å². The van der Waals surface area contributed by atoms with Gasteiger partial charge in [-0.2, -0.15) is 0 Å². The number of benzene rings is 2. The fourth-order valence-electron chi connectivity index (χ4n) is 2.09. The molecule has 0 saturated carbocycles. The Hall–Kier alpha value is -2.47. The van der Waals surface area contributed by atoms with Crippen LogP contribution in [-0.2, 0) is 11.2 Å². The second-order valence-electron chi connectivity index (χ2n) is 5.01. The maximum atomic E-state index is 13.5. The molecule has 122 valence electrons. The van der Waals surface area contributed by atoms with Gasteiger partial charge < -0.3 is 15.2 Å². The van der Waals surface area contributed by atoms with Crippen LogP contribution in [0.2, 0.25) is 0 Å². The molecule has 1 unspecified atom stereocenters. The summed E-state index contributed by atoms with van der Waals surface area (Å²) in [6.07, 6.45) is -1.22. The first-order chi connectivity index (χ1) is 11.0. The van der Waals surface area contributed by atoms with Crippen LogP contribution in [0, 0.1) is 11.6 Å². The van der Waals surface area contributed by atoms with Crippen LogP contribution in [0.25, 0.3) is 0 Å². The average molecular weight is 321 g/mol. The largest absolute Gasteiger partial charge is 0.497 e. The van der Waals surface area contributed by atoms with Gasteiger partial charge in [-0.3, -0.25) is 4.79 Å². The van der Waals surface area contributed by atoms with Crippen LogP contribution in [0.4, 0.5) is 8.78 Å². The van der Waals surface area contributed by atoms with Crippen molar-refractivity contribution in [3.8, 4) is 5.75 Å². The lowest BCUT2D eigenvalue weighted by molar-refractivity contribution is -0.120. The minimum Gasteiger partial charge on any atom is -0.497 e. The van der Waals surface area contributed by atoms with Gasteiger partial charge in [0, 0.05) is 12.1 Å². The van der Waals surface area contributed by atoms with Gasteiger partial charge in [0.1, 0.15) is 17.4 Å². The van der Waals surface area contributed by atoms with E-state index < -0.39 is 23.6 Å². The second-order valence-corrected chi connectivity index (χ2v) is 5.01. The lowest BCUT2D eigenvalue weighted by Gasteiger charge is -2.13. The number of carbonyl (C=O) groups excluding carboxylic acids is 1. The Kier molecular flexibility index (Phi) is 5.65. The van der Waals surface area contributed by atoms with Gasteiger partial charge in [-0.15, -0.1) is 0 Å². The third-order valence-electron chi connectivity index (χ3n) is 3.33. The molecule has 0 saturated heterocycles. The molecule has 0 radical (unpaired) electrons. The van der Waals surface area contributed by atoms with Crippen molar-refractivity contribution in [2.24, 2.45) is 0 Å². The number of methoxy groups -OCH3 is 1. The van der Waals surface area contributed by atoms with Crippen molar-refractivity contribution in [1.29, 1.82) is 0 Å². The second kappa shape index (κ2) is 7.69. The van der Waals surface area contributed by atoms with Gasteiger partial charge in [0.25, 0.3) is 0 Å². The topological polar surface area (TPSA) is 58.6 Å². The molecule has 0 fully saturated rings. The number of amides is 1. The van der Waals surface area contributed by atoms with Gasteiger partial charge in [-0.05, 0) is 35.9 Å². The SMILES string of the molecule is COc1cccc(C(O)CNC(=O)Cc2cc(F)ccc2F)c1. The third-order valence-corrected chi connectivity index (χ3v) is 3.33. The summed E-state index contributed by atoms with van der Waals surface area (Å²) in [6.45, 7) is -0.0388. The molecule has 1 amide bonds. The van der Waals surface area contributed by atoms with E-state index >= 15 is 0 Å². The van der Waals surface area contributed by atoms with E-state index in [1.165, 1.54) is 7.11 Å². The molecule has 0 aliphatic carbocycles. The predicted octanol–water partition coefficient (Wildman–Crippen LogP) is 2.37. The molecular weight excluding hydrogens is 304 g/mol. The zero-order chi connectivity index (χ0) is 16.8. The molecule has 1 atom stereocenters. The fraction of sp³-hybridized carbons (Fsp3) is 0.235. The summed E-state index contributed by atoms with van der Waals surface area (Å²) < 4.78 is 31.6. The van der Waals surface area contributed by atoms with Crippen molar-refractivity contribution >= 4 is 5.91 Å². The quantitative estimate of drug-likeness (QED) is 0.859. The molecule has 23 heavy (non-hydrogen) atoms. The summed E-state index contributed by atoms with van der Waals surface area (Å²) in [5, 5.41) is 12.5. The number of ether oxygens (including phenoxy) is 1. The number of hydrogen-bond donors (Lipinski definition) is 2. The lowest BCUT2D eigenvalue weighted by Crippen LogP contribution is -2.30. The normalized spacial score (nSPS) is 11.8. The van der Waals surface area contributed by atoms with E-state index in [0.29, 0.717) is 11.3 Å². The molecule has 2 N–H and O–H groups in total. The predicted molar refractivity (Wildman–Crippen MR) is 81.0 cm³/mol. The summed E-state index contributed by atoms with van der Waals surface area (Å²) in [6, 6.07) is 9.76. The highest BCUT2D eigenvalue weighted by molar-refractivity contribution is 5.78. The lowest BCUT2D eigenvalue weighted by atomic mass is 10.1. The van der Waals surface area contributed by atoms with Gasteiger partial charge in [-0.1, -0.05) is 12.1 Å². The molecule has 0 aliphatic rings. The summed E-state index contributed by atoms with van der Waals surface area (Å²) in [5.74, 6) is -1.16. The Labute approximate surface area is 132 Å². The Bertz CT molecular complexity index is 691. The molecule has 2 aromatic rings. The molecule has 0 heterocycles. The number of hydrogen-bond acceptors (Lipinski definition) is 3. The zero-order valence-corrected chi connectivity index (χ0v) is 12.6. The number of aliphatic hydroxyl groups excluding tert-OH is 1. The Morgan fingerprint density at radius 3 is 2.78 bits per heavy atom. The smallest absolute Gasteiger partial charge is 0.224 e. The van der Waals surface area contributed by atoms with Gasteiger partial charge >= 0.3 is 0 Å². The van der Waals surface area contributed by atoms with Gasteiger partial charge in [0.2, 0.25) is 5.91 Å². The molecule has 2 aromatic carbocycles. The van der Waals surface area contributed by atoms with Gasteiger partial charge in [0.05, 0.1) is 19.6 Å². The fourth-order valence-corrected chi connectivity index (χ4v) is 2.09. The van der Waals surface area contributed by atoms with Crippen LogP contribution in [0.5, 0.6) is 5.75 Å². The Morgan fingerprint density at radius 2 is 2.04 bits per heavy atom. The van der Waals surface area contributed by atoms with E-state index in [4.69, 9.17) is 4.74 Å². The maximum absolute atomic E-state index is 13.5. The monoisotopic (exact) mass is 321 g/mol. The first-order valence-electron chi connectivity index (χ1n) is 7.02. The van der Waals surface area contributed by atoms with Crippen molar-refractivity contribution in [1.82, 2.24) is 5.32 Å². The zero-order valence-electron chi connectivity index (χ0n) is 12.6. The minimum absolute atomic E-state index is 0.0293. The van der Waals surface area contributed by atoms with Crippen molar-refractivity contribution < 1.29 is 23.4 Å². The van der Waals surface area contributed by atoms with Gasteiger partial charge in [0.15, 0.2) is 0 Å². The highest BCUT2D eigenvalue weighted by Gasteiger charge is 2.13. The highest BCUT2D eigenvalue weighted by atomic mass is 19.1. The first-order valence-corrected chi connectivity index (χ1v) is 7.02. The van der Waals surface area contributed by atoms with Crippen LogP contribution in [0.1, 0.15) is 17.2 Å². The summed E-state index contributed by atoms with van der Waals surface area (Å²) in [5.41, 5.74) is 0.556.